The fourth-order valence-corrected chi connectivity index (χ4v) is 4.92. The normalized spacial score (nSPS) is 17.7. The average Bonchev–Trinajstić information content (AvgIpc) is 3.30. The summed E-state index contributed by atoms with van der Waals surface area (Å²) in [5.41, 5.74) is 4.11. The molecule has 32 heavy (non-hydrogen) atoms. The highest BCUT2D eigenvalue weighted by Gasteiger charge is 2.39. The maximum atomic E-state index is 12.8. The molecule has 2 aliphatic rings. The number of carbonyl (C=O) groups excluding carboxylic acids is 2. The first-order valence-electron chi connectivity index (χ1n) is 9.92. The predicted molar refractivity (Wildman–Crippen MR) is 135 cm³/mol. The second-order valence-corrected chi connectivity index (χ2v) is 10.4. The van der Waals surface area contributed by atoms with Crippen LogP contribution in [0.1, 0.15) is 33.9 Å². The molecule has 5 nitrogen and oxygen atoms in total. The van der Waals surface area contributed by atoms with Crippen molar-refractivity contribution in [3.05, 3.63) is 96.8 Å². The van der Waals surface area contributed by atoms with Crippen LogP contribution in [-0.2, 0) is 4.79 Å². The molecule has 3 aromatic carbocycles. The van der Waals surface area contributed by atoms with Crippen LogP contribution in [0, 0.1) is 0 Å². The molecule has 0 bridgehead atoms. The molecule has 2 heterocycles. The summed E-state index contributed by atoms with van der Waals surface area (Å²) < 4.78 is 2.77. The zero-order valence-electron chi connectivity index (χ0n) is 16.6. The number of ketones is 1. The Balaban J connectivity index is 1.51. The summed E-state index contributed by atoms with van der Waals surface area (Å²) in [6.45, 7) is 0.194. The minimum atomic E-state index is -0.528. The van der Waals surface area contributed by atoms with Crippen LogP contribution in [0.3, 0.4) is 0 Å². The van der Waals surface area contributed by atoms with Gasteiger partial charge in [0.2, 0.25) is 0 Å². The summed E-state index contributed by atoms with van der Waals surface area (Å²) >= 11 is 10.4. The zero-order chi connectivity index (χ0) is 22.4. The third-order valence-corrected chi connectivity index (χ3v) is 7.20. The summed E-state index contributed by atoms with van der Waals surface area (Å²) in [7, 11) is 0. The maximum Gasteiger partial charge on any atom is 0.301 e. The number of amides is 1. The number of hydrogen-bond acceptors (Lipinski definition) is 4. The number of Topliss-reactive ketones (excluding diaryl/α,β-unsaturated/α-hetero) is 1. The van der Waals surface area contributed by atoms with Gasteiger partial charge in [-0.2, -0.15) is 5.10 Å². The van der Waals surface area contributed by atoms with Crippen molar-refractivity contribution in [2.24, 2.45) is 5.10 Å². The van der Waals surface area contributed by atoms with Crippen LogP contribution in [0.4, 0.5) is 5.69 Å². The van der Waals surface area contributed by atoms with E-state index >= 15 is 0 Å². The van der Waals surface area contributed by atoms with Crippen molar-refractivity contribution in [2.45, 2.75) is 12.5 Å². The van der Waals surface area contributed by atoms with E-state index in [4.69, 9.17) is 5.10 Å². The van der Waals surface area contributed by atoms with Crippen molar-refractivity contribution in [3.63, 3.8) is 0 Å². The highest BCUT2D eigenvalue weighted by molar-refractivity contribution is 9.11. The third kappa shape index (κ3) is 3.95. The molecule has 1 atom stereocenters. The van der Waals surface area contributed by atoms with Crippen molar-refractivity contribution < 1.29 is 9.59 Å². The van der Waals surface area contributed by atoms with Crippen molar-refractivity contribution in [1.29, 1.82) is 0 Å². The molecule has 0 saturated carbocycles. The minimum Gasteiger partial charge on any atom is -0.285 e. The van der Waals surface area contributed by atoms with E-state index in [9.17, 15) is 9.59 Å². The zero-order valence-corrected chi connectivity index (χ0v) is 21.4. The van der Waals surface area contributed by atoms with Crippen LogP contribution < -0.4 is 4.90 Å². The standard InChI is InChI=1S/C24H16Br3N3O2/c25-16-5-1-14(2-6-16)20-12-22(15-3-7-17(26)8-4-15)30(28-20)13-29-21-10-9-18(27)11-19(21)23(31)24(29)32/h1-11,22H,12-13H2. The number of benzene rings is 3. The van der Waals surface area contributed by atoms with Crippen molar-refractivity contribution >= 4 is 70.9 Å². The van der Waals surface area contributed by atoms with Gasteiger partial charge >= 0.3 is 5.91 Å². The number of halogens is 3. The van der Waals surface area contributed by atoms with E-state index < -0.39 is 11.7 Å². The largest absolute Gasteiger partial charge is 0.301 e. The Hall–Kier alpha value is -2.29. The SMILES string of the molecule is O=C1C(=O)N(CN2N=C(c3ccc(Br)cc3)CC2c2ccc(Br)cc2)c2ccc(Br)cc21. The molecule has 0 spiro atoms. The molecule has 5 rings (SSSR count). The van der Waals surface area contributed by atoms with Crippen LogP contribution in [0.25, 0.3) is 0 Å². The number of hydrogen-bond donors (Lipinski definition) is 0. The Morgan fingerprint density at radius 2 is 1.47 bits per heavy atom. The van der Waals surface area contributed by atoms with E-state index in [0.29, 0.717) is 17.7 Å². The van der Waals surface area contributed by atoms with Gasteiger partial charge in [-0.1, -0.05) is 72.1 Å². The molecule has 160 valence electrons. The highest BCUT2D eigenvalue weighted by atomic mass is 79.9. The molecule has 3 aromatic rings. The van der Waals surface area contributed by atoms with Crippen LogP contribution in [-0.4, -0.2) is 29.1 Å². The predicted octanol–water partition coefficient (Wildman–Crippen LogP) is 6.31. The molecular weight excluding hydrogens is 602 g/mol. The van der Waals surface area contributed by atoms with Gasteiger partial charge in [0.25, 0.3) is 5.78 Å². The van der Waals surface area contributed by atoms with Gasteiger partial charge in [0.05, 0.1) is 23.0 Å². The molecule has 1 amide bonds. The minimum absolute atomic E-state index is 0.0517. The number of fused-ring (bicyclic) bond motifs is 1. The average molecular weight is 618 g/mol. The topological polar surface area (TPSA) is 53.0 Å². The summed E-state index contributed by atoms with van der Waals surface area (Å²) in [6.07, 6.45) is 0.701. The summed E-state index contributed by atoms with van der Waals surface area (Å²) in [5, 5.41) is 6.80. The monoisotopic (exact) mass is 615 g/mol. The fraction of sp³-hybridized carbons (Fsp3) is 0.125. The van der Waals surface area contributed by atoms with E-state index in [0.717, 1.165) is 30.3 Å². The highest BCUT2D eigenvalue weighted by Crippen LogP contribution is 2.37. The molecule has 0 fully saturated rings. The number of nitrogens with zero attached hydrogens (tertiary/aromatic N) is 3. The van der Waals surface area contributed by atoms with Gasteiger partial charge in [0, 0.05) is 19.8 Å². The quantitative estimate of drug-likeness (QED) is 0.323. The second-order valence-electron chi connectivity index (χ2n) is 7.63. The molecule has 1 unspecified atom stereocenters. The van der Waals surface area contributed by atoms with E-state index in [2.05, 4.69) is 59.9 Å². The van der Waals surface area contributed by atoms with Gasteiger partial charge in [0.15, 0.2) is 0 Å². The smallest absolute Gasteiger partial charge is 0.285 e. The van der Waals surface area contributed by atoms with Gasteiger partial charge in [-0.25, -0.2) is 0 Å². The van der Waals surface area contributed by atoms with Gasteiger partial charge in [-0.15, -0.1) is 0 Å². The lowest BCUT2D eigenvalue weighted by Crippen LogP contribution is -2.39. The second kappa shape index (κ2) is 8.57. The van der Waals surface area contributed by atoms with Crippen molar-refractivity contribution in [3.8, 4) is 0 Å². The Kier molecular flexibility index (Phi) is 5.77. The third-order valence-electron chi connectivity index (χ3n) is 5.65. The van der Waals surface area contributed by atoms with Crippen LogP contribution in [0.15, 0.2) is 85.2 Å². The lowest BCUT2D eigenvalue weighted by Gasteiger charge is -2.28. The molecule has 0 saturated heterocycles. The number of anilines is 1. The Morgan fingerprint density at radius 3 is 2.16 bits per heavy atom. The number of hydrazone groups is 1. The Morgan fingerprint density at radius 1 is 0.844 bits per heavy atom. The molecule has 0 radical (unpaired) electrons. The van der Waals surface area contributed by atoms with Gasteiger partial charge in [-0.3, -0.25) is 19.5 Å². The number of carbonyl (C=O) groups is 2. The maximum absolute atomic E-state index is 12.8. The Labute approximate surface area is 210 Å². The molecule has 8 heteroatoms. The Bertz CT molecular complexity index is 1260. The first-order chi connectivity index (χ1) is 15.4. The molecule has 0 N–H and O–H groups in total. The van der Waals surface area contributed by atoms with Gasteiger partial charge in [0.1, 0.15) is 6.67 Å². The fourth-order valence-electron chi connectivity index (χ4n) is 4.03. The molecule has 0 aromatic heterocycles. The van der Waals surface area contributed by atoms with Crippen LogP contribution >= 0.6 is 47.8 Å². The summed E-state index contributed by atoms with van der Waals surface area (Å²) in [4.78, 5) is 26.9. The van der Waals surface area contributed by atoms with E-state index in [1.165, 1.54) is 4.90 Å². The molecule has 2 aliphatic heterocycles. The van der Waals surface area contributed by atoms with Gasteiger partial charge in [-0.05, 0) is 53.6 Å². The van der Waals surface area contributed by atoms with Gasteiger partial charge < -0.3 is 0 Å². The molecular formula is C24H16Br3N3O2. The first kappa shape index (κ1) is 21.6. The van der Waals surface area contributed by atoms with Crippen molar-refractivity contribution in [2.75, 3.05) is 11.6 Å². The van der Waals surface area contributed by atoms with Crippen molar-refractivity contribution in [1.82, 2.24) is 5.01 Å². The first-order valence-corrected chi connectivity index (χ1v) is 12.3. The van der Waals surface area contributed by atoms with E-state index in [-0.39, 0.29) is 12.7 Å². The lowest BCUT2D eigenvalue weighted by molar-refractivity contribution is -0.114. The summed E-state index contributed by atoms with van der Waals surface area (Å²) in [6, 6.07) is 21.4. The van der Waals surface area contributed by atoms with E-state index in [1.807, 2.05) is 47.5 Å². The summed E-state index contributed by atoms with van der Waals surface area (Å²) in [5.74, 6) is -1.02. The van der Waals surface area contributed by atoms with E-state index in [1.54, 1.807) is 12.1 Å². The van der Waals surface area contributed by atoms with Crippen LogP contribution in [0.2, 0.25) is 0 Å². The lowest BCUT2D eigenvalue weighted by atomic mass is 9.99. The van der Waals surface area contributed by atoms with Crippen LogP contribution in [0.5, 0.6) is 0 Å². The number of rotatable bonds is 4. The molecule has 0 aliphatic carbocycles.